The van der Waals surface area contributed by atoms with Gasteiger partial charge >= 0.3 is 0 Å². The number of imidazole rings is 1. The smallest absolute Gasteiger partial charge is 0.256 e. The Morgan fingerprint density at radius 3 is 2.81 bits per heavy atom. The first-order valence-electron chi connectivity index (χ1n) is 10.7. The average molecular weight is 431 g/mol. The van der Waals surface area contributed by atoms with Crippen LogP contribution >= 0.6 is 0 Å². The van der Waals surface area contributed by atoms with Crippen molar-refractivity contribution in [2.45, 2.75) is 32.5 Å². The van der Waals surface area contributed by atoms with Gasteiger partial charge < -0.3 is 23.8 Å². The second-order valence-corrected chi connectivity index (χ2v) is 8.16. The Labute approximate surface area is 185 Å². The lowest BCUT2D eigenvalue weighted by Crippen LogP contribution is -2.41. The van der Waals surface area contributed by atoms with Gasteiger partial charge in [0, 0.05) is 43.4 Å². The highest BCUT2D eigenvalue weighted by Gasteiger charge is 2.31. The number of carbonyl (C=O) groups excluding carboxylic acids is 2. The summed E-state index contributed by atoms with van der Waals surface area (Å²) in [5, 5.41) is 3.80. The van der Waals surface area contributed by atoms with Crippen molar-refractivity contribution in [3.63, 3.8) is 0 Å². The lowest BCUT2D eigenvalue weighted by molar-refractivity contribution is -0.120. The summed E-state index contributed by atoms with van der Waals surface area (Å²) in [4.78, 5) is 32.3. The normalized spacial score (nSPS) is 15.7. The van der Waals surface area contributed by atoms with Gasteiger partial charge in [0.2, 0.25) is 5.91 Å². The second kappa shape index (κ2) is 8.03. The Morgan fingerprint density at radius 1 is 1.16 bits per heavy atom. The van der Waals surface area contributed by atoms with E-state index in [4.69, 9.17) is 9.40 Å². The Kier molecular flexibility index (Phi) is 5.05. The molecule has 0 saturated carbocycles. The third-order valence-corrected chi connectivity index (χ3v) is 6.05. The van der Waals surface area contributed by atoms with Crippen molar-refractivity contribution in [2.75, 3.05) is 6.54 Å². The SMILES string of the molecule is CC1c2nc(CC(=O)NCc3ccco3)cn2CCN1C(=O)c1cn(C)c2ccccc12. The molecule has 1 unspecified atom stereocenters. The van der Waals surface area contributed by atoms with E-state index >= 15 is 0 Å². The van der Waals surface area contributed by atoms with Gasteiger partial charge in [0.05, 0.1) is 36.5 Å². The Balaban J connectivity index is 1.31. The number of amides is 2. The van der Waals surface area contributed by atoms with Crippen LogP contribution in [0.2, 0.25) is 0 Å². The minimum atomic E-state index is -0.185. The second-order valence-electron chi connectivity index (χ2n) is 8.16. The zero-order valence-corrected chi connectivity index (χ0v) is 18.1. The molecule has 0 bridgehead atoms. The standard InChI is InChI=1S/C24H25N5O3/c1-16-23-26-17(12-22(30)25-13-18-6-5-11-32-18)14-28(23)9-10-29(16)24(31)20-15-27(2)21-8-4-3-7-19(20)21/h3-8,11,14-16H,9-10,12-13H2,1-2H3,(H,25,30). The van der Waals surface area contributed by atoms with Gasteiger partial charge in [0.25, 0.3) is 5.91 Å². The van der Waals surface area contributed by atoms with Gasteiger partial charge in [-0.05, 0) is 25.1 Å². The molecule has 0 spiro atoms. The van der Waals surface area contributed by atoms with Gasteiger partial charge in [-0.25, -0.2) is 4.98 Å². The Bertz CT molecular complexity index is 1280. The third-order valence-electron chi connectivity index (χ3n) is 6.05. The minimum absolute atomic E-state index is 0.00120. The molecule has 3 aromatic heterocycles. The molecule has 1 aliphatic rings. The topological polar surface area (TPSA) is 85.3 Å². The van der Waals surface area contributed by atoms with Gasteiger partial charge in [-0.2, -0.15) is 0 Å². The number of aryl methyl sites for hydroxylation is 1. The first-order valence-corrected chi connectivity index (χ1v) is 10.7. The van der Waals surface area contributed by atoms with Crippen molar-refractivity contribution in [3.05, 3.63) is 77.9 Å². The van der Waals surface area contributed by atoms with Gasteiger partial charge in [-0.15, -0.1) is 0 Å². The van der Waals surface area contributed by atoms with Crippen molar-refractivity contribution in [3.8, 4) is 0 Å². The molecule has 2 amide bonds. The number of aromatic nitrogens is 3. The van der Waals surface area contributed by atoms with E-state index in [2.05, 4.69) is 5.32 Å². The van der Waals surface area contributed by atoms with Crippen LogP contribution in [-0.4, -0.2) is 37.4 Å². The molecule has 1 aliphatic heterocycles. The fourth-order valence-electron chi connectivity index (χ4n) is 4.40. The number of hydrogen-bond donors (Lipinski definition) is 1. The minimum Gasteiger partial charge on any atom is -0.467 e. The number of furan rings is 1. The van der Waals surface area contributed by atoms with Crippen LogP contribution in [0.15, 0.2) is 59.5 Å². The van der Waals surface area contributed by atoms with Crippen molar-refractivity contribution < 1.29 is 14.0 Å². The quantitative estimate of drug-likeness (QED) is 0.526. The highest BCUT2D eigenvalue weighted by Crippen LogP contribution is 2.29. The predicted molar refractivity (Wildman–Crippen MR) is 119 cm³/mol. The maximum absolute atomic E-state index is 13.4. The van der Waals surface area contributed by atoms with Crippen molar-refractivity contribution in [2.24, 2.45) is 7.05 Å². The fraction of sp³-hybridized carbons (Fsp3) is 0.292. The molecule has 4 aromatic rings. The number of rotatable bonds is 5. The van der Waals surface area contributed by atoms with Crippen LogP contribution in [0.25, 0.3) is 10.9 Å². The number of fused-ring (bicyclic) bond motifs is 2. The van der Waals surface area contributed by atoms with E-state index in [9.17, 15) is 9.59 Å². The summed E-state index contributed by atoms with van der Waals surface area (Å²) < 4.78 is 9.27. The molecule has 1 aromatic carbocycles. The van der Waals surface area contributed by atoms with Crippen molar-refractivity contribution in [1.29, 1.82) is 0 Å². The molecule has 0 saturated heterocycles. The summed E-state index contributed by atoms with van der Waals surface area (Å²) in [6.45, 7) is 3.58. The number of para-hydroxylation sites is 1. The van der Waals surface area contributed by atoms with E-state index in [1.807, 2.05) is 70.7 Å². The van der Waals surface area contributed by atoms with Gasteiger partial charge in [0.1, 0.15) is 11.6 Å². The zero-order valence-electron chi connectivity index (χ0n) is 18.1. The molecular weight excluding hydrogens is 406 g/mol. The zero-order chi connectivity index (χ0) is 22.2. The molecule has 0 fully saturated rings. The summed E-state index contributed by atoms with van der Waals surface area (Å²) in [6.07, 6.45) is 5.58. The molecular formula is C24H25N5O3. The summed E-state index contributed by atoms with van der Waals surface area (Å²) in [6, 6.07) is 11.4. The first kappa shape index (κ1) is 20.1. The van der Waals surface area contributed by atoms with Crippen LogP contribution in [0.5, 0.6) is 0 Å². The molecule has 164 valence electrons. The van der Waals surface area contributed by atoms with Crippen LogP contribution in [0.3, 0.4) is 0 Å². The fourth-order valence-corrected chi connectivity index (χ4v) is 4.40. The van der Waals surface area contributed by atoms with E-state index in [0.717, 1.165) is 16.7 Å². The number of carbonyl (C=O) groups is 2. The summed E-state index contributed by atoms with van der Waals surface area (Å²) >= 11 is 0. The number of nitrogens with zero attached hydrogens (tertiary/aromatic N) is 4. The van der Waals surface area contributed by atoms with Gasteiger partial charge in [-0.3, -0.25) is 9.59 Å². The largest absolute Gasteiger partial charge is 0.467 e. The van der Waals surface area contributed by atoms with Crippen LogP contribution < -0.4 is 5.32 Å². The van der Waals surface area contributed by atoms with Crippen LogP contribution in [0.1, 0.15) is 40.6 Å². The Morgan fingerprint density at radius 2 is 2.00 bits per heavy atom. The predicted octanol–water partition coefficient (Wildman–Crippen LogP) is 3.04. The van der Waals surface area contributed by atoms with Crippen LogP contribution in [0.4, 0.5) is 0 Å². The third kappa shape index (κ3) is 3.57. The molecule has 8 nitrogen and oxygen atoms in total. The van der Waals surface area contributed by atoms with Gasteiger partial charge in [-0.1, -0.05) is 18.2 Å². The number of hydrogen-bond acceptors (Lipinski definition) is 4. The number of nitrogens with one attached hydrogen (secondary N) is 1. The van der Waals surface area contributed by atoms with E-state index < -0.39 is 0 Å². The highest BCUT2D eigenvalue weighted by atomic mass is 16.3. The molecule has 0 aliphatic carbocycles. The molecule has 4 heterocycles. The molecule has 8 heteroatoms. The molecule has 5 rings (SSSR count). The van der Waals surface area contributed by atoms with Crippen LogP contribution in [0, 0.1) is 0 Å². The van der Waals surface area contributed by atoms with Gasteiger partial charge in [0.15, 0.2) is 0 Å². The van der Waals surface area contributed by atoms with E-state index in [1.165, 1.54) is 0 Å². The van der Waals surface area contributed by atoms with Crippen molar-refractivity contribution in [1.82, 2.24) is 24.3 Å². The summed E-state index contributed by atoms with van der Waals surface area (Å²) in [5.74, 6) is 1.40. The Hall–Kier alpha value is -3.81. The maximum Gasteiger partial charge on any atom is 0.256 e. The van der Waals surface area contributed by atoms with E-state index in [-0.39, 0.29) is 24.3 Å². The molecule has 0 radical (unpaired) electrons. The maximum atomic E-state index is 13.4. The monoisotopic (exact) mass is 431 g/mol. The molecule has 1 N–H and O–H groups in total. The van der Waals surface area contributed by atoms with E-state index in [0.29, 0.717) is 36.7 Å². The average Bonchev–Trinajstić information content (AvgIpc) is 3.52. The molecule has 32 heavy (non-hydrogen) atoms. The number of benzene rings is 1. The molecule has 1 atom stereocenters. The van der Waals surface area contributed by atoms with Crippen LogP contribution in [-0.2, 0) is 31.4 Å². The highest BCUT2D eigenvalue weighted by molar-refractivity contribution is 6.07. The summed E-state index contributed by atoms with van der Waals surface area (Å²) in [5.41, 5.74) is 2.43. The first-order chi connectivity index (χ1) is 15.5. The summed E-state index contributed by atoms with van der Waals surface area (Å²) in [7, 11) is 1.95. The van der Waals surface area contributed by atoms with Crippen molar-refractivity contribution >= 4 is 22.7 Å². The van der Waals surface area contributed by atoms with E-state index in [1.54, 1.807) is 12.3 Å². The lowest BCUT2D eigenvalue weighted by Gasteiger charge is -2.33. The lowest BCUT2D eigenvalue weighted by atomic mass is 10.1.